The summed E-state index contributed by atoms with van der Waals surface area (Å²) in [6.07, 6.45) is 1.68. The van der Waals surface area contributed by atoms with Crippen molar-refractivity contribution in [3.8, 4) is 5.69 Å². The normalized spacial score (nSPS) is 11.4. The predicted octanol–water partition coefficient (Wildman–Crippen LogP) is 2.66. The molecule has 0 fully saturated rings. The van der Waals surface area contributed by atoms with Gasteiger partial charge in [0.2, 0.25) is 0 Å². The van der Waals surface area contributed by atoms with E-state index in [1.807, 2.05) is 47.9 Å². The lowest BCUT2D eigenvalue weighted by Gasteiger charge is -2.12. The van der Waals surface area contributed by atoms with Gasteiger partial charge in [-0.15, -0.1) is 10.2 Å². The Labute approximate surface area is 151 Å². The van der Waals surface area contributed by atoms with Gasteiger partial charge in [-0.1, -0.05) is 30.3 Å². The lowest BCUT2D eigenvalue weighted by molar-refractivity contribution is 0.625. The molecule has 1 aromatic heterocycles. The van der Waals surface area contributed by atoms with Crippen molar-refractivity contribution in [2.45, 2.75) is 20.0 Å². The van der Waals surface area contributed by atoms with Crippen LogP contribution in [0.3, 0.4) is 0 Å². The molecule has 0 aliphatic rings. The summed E-state index contributed by atoms with van der Waals surface area (Å²) in [5.41, 5.74) is 1.81. The molecule has 0 atom stereocenters. The second-order valence-electron chi connectivity index (χ2n) is 5.63. The van der Waals surface area contributed by atoms with Crippen LogP contribution >= 0.6 is 0 Å². The molecule has 0 unspecified atom stereocenters. The van der Waals surface area contributed by atoms with Crippen LogP contribution in [0, 0.1) is 5.82 Å². The van der Waals surface area contributed by atoms with Crippen LogP contribution in [-0.4, -0.2) is 27.3 Å². The maximum Gasteiger partial charge on any atom is 0.191 e. The topological polar surface area (TPSA) is 67.1 Å². The van der Waals surface area contributed by atoms with Gasteiger partial charge < -0.3 is 10.6 Å². The summed E-state index contributed by atoms with van der Waals surface area (Å²) >= 11 is 0. The Kier molecular flexibility index (Phi) is 5.92. The Morgan fingerprint density at radius 2 is 1.96 bits per heavy atom. The second kappa shape index (κ2) is 8.75. The Bertz CT molecular complexity index is 859. The summed E-state index contributed by atoms with van der Waals surface area (Å²) in [7, 11) is 0. The monoisotopic (exact) mass is 352 g/mol. The summed E-state index contributed by atoms with van der Waals surface area (Å²) in [6.45, 7) is 3.56. The van der Waals surface area contributed by atoms with Gasteiger partial charge >= 0.3 is 0 Å². The smallest absolute Gasteiger partial charge is 0.191 e. The highest BCUT2D eigenvalue weighted by atomic mass is 19.1. The molecule has 0 spiro atoms. The van der Waals surface area contributed by atoms with E-state index in [4.69, 9.17) is 0 Å². The molecule has 0 aliphatic carbocycles. The van der Waals surface area contributed by atoms with Crippen molar-refractivity contribution in [2.24, 2.45) is 4.99 Å². The average molecular weight is 352 g/mol. The first-order valence-electron chi connectivity index (χ1n) is 8.47. The fourth-order valence-corrected chi connectivity index (χ4v) is 2.49. The molecule has 3 aromatic rings. The number of benzene rings is 2. The van der Waals surface area contributed by atoms with Crippen molar-refractivity contribution in [2.75, 3.05) is 6.54 Å². The highest BCUT2D eigenvalue weighted by molar-refractivity contribution is 5.79. The number of hydrogen-bond acceptors (Lipinski definition) is 3. The zero-order valence-electron chi connectivity index (χ0n) is 14.6. The van der Waals surface area contributed by atoms with Crippen LogP contribution in [0.25, 0.3) is 5.69 Å². The number of aromatic nitrogens is 3. The molecular weight excluding hydrogens is 331 g/mol. The molecule has 0 amide bonds. The molecule has 0 bridgehead atoms. The van der Waals surface area contributed by atoms with E-state index in [0.717, 1.165) is 23.6 Å². The van der Waals surface area contributed by atoms with Crippen LogP contribution in [0.4, 0.5) is 4.39 Å². The highest BCUT2D eigenvalue weighted by Crippen LogP contribution is 2.09. The van der Waals surface area contributed by atoms with Gasteiger partial charge in [-0.3, -0.25) is 4.57 Å². The fraction of sp³-hybridized carbons (Fsp3) is 0.211. The standard InChI is InChI=1S/C19H21FN6/c1-2-21-19(22-12-15-7-6-8-16(20)11-15)23-13-18-25-24-14-26(18)17-9-4-3-5-10-17/h3-11,14H,2,12-13H2,1H3,(H2,21,22,23). The third-order valence-corrected chi connectivity index (χ3v) is 3.72. The Hall–Kier alpha value is -3.22. The number of aliphatic imine (C=N–C) groups is 1. The van der Waals surface area contributed by atoms with E-state index in [1.54, 1.807) is 12.4 Å². The third-order valence-electron chi connectivity index (χ3n) is 3.72. The van der Waals surface area contributed by atoms with E-state index in [9.17, 15) is 4.39 Å². The molecule has 0 saturated heterocycles. The minimum atomic E-state index is -0.258. The van der Waals surface area contributed by atoms with Gasteiger partial charge in [0.05, 0.1) is 13.1 Å². The van der Waals surface area contributed by atoms with Crippen molar-refractivity contribution in [3.05, 3.63) is 78.1 Å². The first-order valence-corrected chi connectivity index (χ1v) is 8.47. The molecule has 0 aliphatic heterocycles. The molecule has 1 heterocycles. The summed E-state index contributed by atoms with van der Waals surface area (Å²) in [6, 6.07) is 16.3. The average Bonchev–Trinajstić information content (AvgIpc) is 3.13. The van der Waals surface area contributed by atoms with E-state index in [1.165, 1.54) is 12.1 Å². The van der Waals surface area contributed by atoms with Crippen LogP contribution in [0.2, 0.25) is 0 Å². The number of nitrogens with one attached hydrogen (secondary N) is 2. The van der Waals surface area contributed by atoms with Crippen LogP contribution < -0.4 is 10.6 Å². The van der Waals surface area contributed by atoms with Crippen molar-refractivity contribution in [1.29, 1.82) is 0 Å². The molecule has 2 N–H and O–H groups in total. The van der Waals surface area contributed by atoms with Crippen molar-refractivity contribution in [1.82, 2.24) is 25.4 Å². The number of nitrogens with zero attached hydrogens (tertiary/aromatic N) is 4. The Morgan fingerprint density at radius 3 is 2.73 bits per heavy atom. The van der Waals surface area contributed by atoms with Gasteiger partial charge in [0, 0.05) is 12.2 Å². The van der Waals surface area contributed by atoms with E-state index in [0.29, 0.717) is 19.0 Å². The first-order chi connectivity index (χ1) is 12.8. The maximum atomic E-state index is 13.3. The second-order valence-corrected chi connectivity index (χ2v) is 5.63. The number of hydrogen-bond donors (Lipinski definition) is 2. The molecule has 2 aromatic carbocycles. The van der Waals surface area contributed by atoms with Gasteiger partial charge in [-0.05, 0) is 36.8 Å². The van der Waals surface area contributed by atoms with E-state index >= 15 is 0 Å². The number of halogens is 1. The maximum absolute atomic E-state index is 13.3. The summed E-state index contributed by atoms with van der Waals surface area (Å²) in [4.78, 5) is 4.50. The summed E-state index contributed by atoms with van der Waals surface area (Å²) in [5, 5.41) is 14.6. The molecule has 6 nitrogen and oxygen atoms in total. The molecule has 134 valence electrons. The molecule has 7 heteroatoms. The highest BCUT2D eigenvalue weighted by Gasteiger charge is 2.07. The van der Waals surface area contributed by atoms with Gasteiger partial charge in [0.25, 0.3) is 0 Å². The van der Waals surface area contributed by atoms with Crippen LogP contribution in [-0.2, 0) is 13.1 Å². The predicted molar refractivity (Wildman–Crippen MR) is 99.4 cm³/mol. The van der Waals surface area contributed by atoms with Crippen LogP contribution in [0.1, 0.15) is 18.3 Å². The van der Waals surface area contributed by atoms with E-state index < -0.39 is 0 Å². The minimum Gasteiger partial charge on any atom is -0.357 e. The fourth-order valence-electron chi connectivity index (χ4n) is 2.49. The number of para-hydroxylation sites is 1. The van der Waals surface area contributed by atoms with Gasteiger partial charge in [-0.2, -0.15) is 0 Å². The third kappa shape index (κ3) is 4.66. The summed E-state index contributed by atoms with van der Waals surface area (Å²) < 4.78 is 15.2. The van der Waals surface area contributed by atoms with Crippen molar-refractivity contribution in [3.63, 3.8) is 0 Å². The lowest BCUT2D eigenvalue weighted by atomic mass is 10.2. The molecule has 3 rings (SSSR count). The van der Waals surface area contributed by atoms with Gasteiger partial charge in [0.15, 0.2) is 11.8 Å². The lowest BCUT2D eigenvalue weighted by Crippen LogP contribution is -2.37. The number of rotatable bonds is 6. The van der Waals surface area contributed by atoms with Crippen molar-refractivity contribution < 1.29 is 4.39 Å². The SMILES string of the molecule is CCNC(=NCc1cccc(F)c1)NCc1nncn1-c1ccccc1. The molecule has 26 heavy (non-hydrogen) atoms. The minimum absolute atomic E-state index is 0.258. The first kappa shape index (κ1) is 17.6. The van der Waals surface area contributed by atoms with E-state index in [-0.39, 0.29) is 5.82 Å². The van der Waals surface area contributed by atoms with Crippen LogP contribution in [0.15, 0.2) is 65.9 Å². The zero-order chi connectivity index (χ0) is 18.2. The molecular formula is C19H21FN6. The number of guanidine groups is 1. The Morgan fingerprint density at radius 1 is 1.12 bits per heavy atom. The Balaban J connectivity index is 1.68. The largest absolute Gasteiger partial charge is 0.357 e. The molecule has 0 saturated carbocycles. The zero-order valence-corrected chi connectivity index (χ0v) is 14.6. The summed E-state index contributed by atoms with van der Waals surface area (Å²) in [5.74, 6) is 1.15. The van der Waals surface area contributed by atoms with E-state index in [2.05, 4.69) is 25.8 Å². The van der Waals surface area contributed by atoms with Crippen molar-refractivity contribution >= 4 is 5.96 Å². The quantitative estimate of drug-likeness (QED) is 0.529. The van der Waals surface area contributed by atoms with Gasteiger partial charge in [0.1, 0.15) is 12.1 Å². The molecule has 0 radical (unpaired) electrons. The van der Waals surface area contributed by atoms with Crippen LogP contribution in [0.5, 0.6) is 0 Å². The van der Waals surface area contributed by atoms with Gasteiger partial charge in [-0.25, -0.2) is 9.38 Å².